The largest absolute Gasteiger partial charge is 0.447 e. The Labute approximate surface area is 152 Å². The lowest BCUT2D eigenvalue weighted by atomic mass is 10.2. The molecule has 3 aromatic rings. The molecule has 0 unspecified atom stereocenters. The molecule has 26 heavy (non-hydrogen) atoms. The van der Waals surface area contributed by atoms with Crippen molar-refractivity contribution in [1.82, 2.24) is 0 Å². The molecule has 0 aliphatic carbocycles. The summed E-state index contributed by atoms with van der Waals surface area (Å²) in [5.74, 6) is -0.300. The lowest BCUT2D eigenvalue weighted by Crippen LogP contribution is -2.36. The van der Waals surface area contributed by atoms with Gasteiger partial charge in [0, 0.05) is 6.07 Å². The molecular formula is C18H17NO5S2. The van der Waals surface area contributed by atoms with Gasteiger partial charge in [-0.1, -0.05) is 35.4 Å². The van der Waals surface area contributed by atoms with Gasteiger partial charge in [0.15, 0.2) is 0 Å². The summed E-state index contributed by atoms with van der Waals surface area (Å²) in [5, 5.41) is 0. The van der Waals surface area contributed by atoms with Crippen molar-refractivity contribution in [1.29, 1.82) is 0 Å². The lowest BCUT2D eigenvalue weighted by Gasteiger charge is -2.21. The van der Waals surface area contributed by atoms with E-state index in [2.05, 4.69) is 0 Å². The van der Waals surface area contributed by atoms with Crippen LogP contribution in [-0.2, 0) is 20.0 Å². The molecule has 0 saturated carbocycles. The van der Waals surface area contributed by atoms with Gasteiger partial charge >= 0.3 is 0 Å². The van der Waals surface area contributed by atoms with Crippen molar-refractivity contribution in [2.24, 2.45) is 0 Å². The summed E-state index contributed by atoms with van der Waals surface area (Å²) in [7, 11) is -8.81. The Hall–Kier alpha value is -2.58. The molecule has 8 heteroatoms. The number of hydrogen-bond donors (Lipinski definition) is 0. The fourth-order valence-corrected chi connectivity index (χ4v) is 5.93. The van der Waals surface area contributed by atoms with Crippen LogP contribution in [-0.4, -0.2) is 16.8 Å². The Balaban J connectivity index is 2.21. The average Bonchev–Trinajstić information content (AvgIpc) is 3.09. The fourth-order valence-electron chi connectivity index (χ4n) is 2.35. The van der Waals surface area contributed by atoms with Crippen LogP contribution in [0.15, 0.2) is 81.1 Å². The maximum atomic E-state index is 13.1. The van der Waals surface area contributed by atoms with Gasteiger partial charge in [0.05, 0.1) is 16.1 Å². The zero-order chi connectivity index (χ0) is 18.9. The SMILES string of the molecule is Cc1ccc(S(=O)(=O)N(c2ccco2)S(=O)(=O)c2ccc(C)cc2)cc1. The highest BCUT2D eigenvalue weighted by atomic mass is 32.3. The van der Waals surface area contributed by atoms with Gasteiger partial charge < -0.3 is 4.42 Å². The van der Waals surface area contributed by atoms with Gasteiger partial charge in [0.25, 0.3) is 20.0 Å². The molecule has 3 rings (SSSR count). The van der Waals surface area contributed by atoms with E-state index in [9.17, 15) is 16.8 Å². The smallest absolute Gasteiger partial charge is 0.280 e. The lowest BCUT2D eigenvalue weighted by molar-refractivity contribution is 0.555. The molecule has 136 valence electrons. The first kappa shape index (κ1) is 18.2. The minimum atomic E-state index is -4.41. The Bertz CT molecular complexity index is 1020. The van der Waals surface area contributed by atoms with Crippen LogP contribution < -0.4 is 3.71 Å². The van der Waals surface area contributed by atoms with Crippen LogP contribution in [0.2, 0.25) is 0 Å². The van der Waals surface area contributed by atoms with E-state index in [4.69, 9.17) is 4.42 Å². The van der Waals surface area contributed by atoms with Crippen LogP contribution in [0.1, 0.15) is 11.1 Å². The minimum Gasteiger partial charge on any atom is -0.447 e. The summed E-state index contributed by atoms with van der Waals surface area (Å²) in [6, 6.07) is 14.6. The van der Waals surface area contributed by atoms with Gasteiger partial charge in [0.1, 0.15) is 0 Å². The zero-order valence-corrected chi connectivity index (χ0v) is 15.8. The van der Waals surface area contributed by atoms with E-state index in [1.165, 1.54) is 42.7 Å². The van der Waals surface area contributed by atoms with Crippen LogP contribution in [0, 0.1) is 13.8 Å². The summed E-state index contributed by atoms with van der Waals surface area (Å²) >= 11 is 0. The molecule has 2 aromatic carbocycles. The van der Waals surface area contributed by atoms with Crippen LogP contribution >= 0.6 is 0 Å². The molecule has 0 atom stereocenters. The maximum absolute atomic E-state index is 13.1. The van der Waals surface area contributed by atoms with Crippen LogP contribution in [0.25, 0.3) is 0 Å². The second kappa shape index (κ2) is 6.62. The van der Waals surface area contributed by atoms with Gasteiger partial charge in [-0.2, -0.15) is 16.8 Å². The van der Waals surface area contributed by atoms with E-state index in [1.807, 2.05) is 13.8 Å². The highest BCUT2D eigenvalue weighted by Gasteiger charge is 2.38. The first-order valence-corrected chi connectivity index (χ1v) is 10.6. The third-order valence-electron chi connectivity index (χ3n) is 3.76. The molecule has 0 aliphatic rings. The Kier molecular flexibility index (Phi) is 4.64. The molecule has 0 fully saturated rings. The number of hydrogen-bond acceptors (Lipinski definition) is 5. The van der Waals surface area contributed by atoms with Gasteiger partial charge in [-0.15, -0.1) is 3.71 Å². The van der Waals surface area contributed by atoms with Crippen molar-refractivity contribution >= 4 is 25.9 Å². The van der Waals surface area contributed by atoms with Gasteiger partial charge in [-0.05, 0) is 44.2 Å². The third kappa shape index (κ3) is 3.25. The number of aryl methyl sites for hydroxylation is 2. The van der Waals surface area contributed by atoms with Gasteiger partial charge in [-0.3, -0.25) is 0 Å². The highest BCUT2D eigenvalue weighted by Crippen LogP contribution is 2.31. The average molecular weight is 391 g/mol. The molecule has 0 spiro atoms. The van der Waals surface area contributed by atoms with Crippen molar-refractivity contribution < 1.29 is 21.3 Å². The second-order valence-corrected chi connectivity index (χ2v) is 9.59. The van der Waals surface area contributed by atoms with E-state index in [-0.39, 0.29) is 15.7 Å². The number of benzene rings is 2. The zero-order valence-electron chi connectivity index (χ0n) is 14.2. The summed E-state index contributed by atoms with van der Waals surface area (Å²) in [5.41, 5.74) is 1.71. The molecule has 0 N–H and O–H groups in total. The van der Waals surface area contributed by atoms with E-state index in [1.54, 1.807) is 24.3 Å². The molecule has 0 bridgehead atoms. The van der Waals surface area contributed by atoms with Gasteiger partial charge in [0.2, 0.25) is 5.88 Å². The molecule has 0 amide bonds. The first-order chi connectivity index (χ1) is 12.2. The van der Waals surface area contributed by atoms with Crippen molar-refractivity contribution in [3.63, 3.8) is 0 Å². The van der Waals surface area contributed by atoms with E-state index >= 15 is 0 Å². The topological polar surface area (TPSA) is 84.7 Å². The Morgan fingerprint density at radius 1 is 0.692 bits per heavy atom. The van der Waals surface area contributed by atoms with Crippen molar-refractivity contribution in [2.45, 2.75) is 23.6 Å². The number of sulfonamides is 2. The summed E-state index contributed by atoms with van der Waals surface area (Å²) in [4.78, 5) is -0.287. The predicted molar refractivity (Wildman–Crippen MR) is 97.9 cm³/mol. The normalized spacial score (nSPS) is 12.1. The highest BCUT2D eigenvalue weighted by molar-refractivity contribution is 8.10. The molecular weight excluding hydrogens is 374 g/mol. The number of anilines is 1. The second-order valence-electron chi connectivity index (χ2n) is 5.78. The molecule has 1 aromatic heterocycles. The monoisotopic (exact) mass is 391 g/mol. The first-order valence-electron chi connectivity index (χ1n) is 7.70. The van der Waals surface area contributed by atoms with Crippen LogP contribution in [0.3, 0.4) is 0 Å². The van der Waals surface area contributed by atoms with Gasteiger partial charge in [-0.25, -0.2) is 0 Å². The molecule has 6 nitrogen and oxygen atoms in total. The minimum absolute atomic E-state index is 0.143. The van der Waals surface area contributed by atoms with E-state index < -0.39 is 20.0 Å². The summed E-state index contributed by atoms with van der Waals surface area (Å²) < 4.78 is 57.9. The standard InChI is InChI=1S/C18H17NO5S2/c1-14-5-9-16(10-6-14)25(20,21)19(18-4-3-13-24-18)26(22,23)17-11-7-15(2)8-12-17/h3-13H,1-2H3. The molecule has 0 saturated heterocycles. The van der Waals surface area contributed by atoms with Crippen molar-refractivity contribution in [3.05, 3.63) is 78.1 Å². The van der Waals surface area contributed by atoms with Crippen LogP contribution in [0.5, 0.6) is 0 Å². The number of rotatable bonds is 5. The molecule has 0 aliphatic heterocycles. The third-order valence-corrected chi connectivity index (χ3v) is 7.91. The van der Waals surface area contributed by atoms with E-state index in [0.717, 1.165) is 11.1 Å². The summed E-state index contributed by atoms with van der Waals surface area (Å²) in [6.07, 6.45) is 1.22. The number of furan rings is 1. The molecule has 0 radical (unpaired) electrons. The summed E-state index contributed by atoms with van der Waals surface area (Å²) in [6.45, 7) is 3.62. The number of nitrogens with zero attached hydrogens (tertiary/aromatic N) is 1. The van der Waals surface area contributed by atoms with Crippen LogP contribution in [0.4, 0.5) is 5.88 Å². The predicted octanol–water partition coefficient (Wildman–Crippen LogP) is 3.48. The van der Waals surface area contributed by atoms with Crippen molar-refractivity contribution in [3.8, 4) is 0 Å². The van der Waals surface area contributed by atoms with Crippen molar-refractivity contribution in [2.75, 3.05) is 3.71 Å². The molecule has 1 heterocycles. The maximum Gasteiger partial charge on any atom is 0.280 e. The van der Waals surface area contributed by atoms with E-state index in [0.29, 0.717) is 3.71 Å². The Morgan fingerprint density at radius 2 is 1.12 bits per heavy atom. The Morgan fingerprint density at radius 3 is 1.46 bits per heavy atom. The quantitative estimate of drug-likeness (QED) is 0.665. The fraction of sp³-hybridized carbons (Fsp3) is 0.111.